The number of carbonyl (C=O) groups is 1. The zero-order chi connectivity index (χ0) is 13.8. The van der Waals surface area contributed by atoms with Crippen molar-refractivity contribution in [2.45, 2.75) is 40.5 Å². The van der Waals surface area contributed by atoms with Crippen LogP contribution in [0.2, 0.25) is 0 Å². The van der Waals surface area contributed by atoms with Crippen LogP contribution in [0.3, 0.4) is 0 Å². The predicted molar refractivity (Wildman–Crippen MR) is 80.5 cm³/mol. The second-order valence-electron chi connectivity index (χ2n) is 4.44. The monoisotopic (exact) mass is 244 g/mol. The van der Waals surface area contributed by atoms with Crippen LogP contribution in [0.4, 0.5) is 0 Å². The van der Waals surface area contributed by atoms with Crippen molar-refractivity contribution < 1.29 is 4.79 Å². The minimum absolute atomic E-state index is 0.803. The Balaban J connectivity index is 4.36. The first-order chi connectivity index (χ1) is 8.60. The highest BCUT2D eigenvalue weighted by Gasteiger charge is 1.84. The van der Waals surface area contributed by atoms with Crippen molar-refractivity contribution in [3.63, 3.8) is 0 Å². The number of aldehydes is 1. The van der Waals surface area contributed by atoms with Gasteiger partial charge in [-0.15, -0.1) is 0 Å². The van der Waals surface area contributed by atoms with Gasteiger partial charge in [-0.1, -0.05) is 60.9 Å². The standard InChI is InChI=1S/C17H24O/c1-5-8-15(2)9-6-10-16(3)11-7-12-17(4)13-14-18/h6-7,9-14H,5,8H2,1-4H3. The lowest BCUT2D eigenvalue weighted by Crippen LogP contribution is -1.73. The maximum Gasteiger partial charge on any atom is 0.143 e. The second-order valence-corrected chi connectivity index (χ2v) is 4.44. The Morgan fingerprint density at radius 3 is 2.00 bits per heavy atom. The maximum atomic E-state index is 10.2. The largest absolute Gasteiger partial charge is 0.299 e. The third-order valence-electron chi connectivity index (χ3n) is 2.43. The SMILES string of the molecule is CCCC(C)=CC=CC(C)=CC=CC(C)=CC=O. The molecule has 0 bridgehead atoms. The van der Waals surface area contributed by atoms with E-state index in [1.807, 2.05) is 25.2 Å². The number of hydrogen-bond acceptors (Lipinski definition) is 1. The molecule has 0 spiro atoms. The predicted octanol–water partition coefficient (Wildman–Crippen LogP) is 4.94. The minimum atomic E-state index is 0.803. The summed E-state index contributed by atoms with van der Waals surface area (Å²) in [4.78, 5) is 10.2. The van der Waals surface area contributed by atoms with Gasteiger partial charge in [-0.25, -0.2) is 0 Å². The molecule has 0 saturated heterocycles. The highest BCUT2D eigenvalue weighted by Crippen LogP contribution is 2.04. The molecule has 0 heterocycles. The van der Waals surface area contributed by atoms with Crippen molar-refractivity contribution in [1.29, 1.82) is 0 Å². The number of carbonyl (C=O) groups excluding carboxylic acids is 1. The van der Waals surface area contributed by atoms with Crippen molar-refractivity contribution in [2.75, 3.05) is 0 Å². The van der Waals surface area contributed by atoms with E-state index in [0.29, 0.717) is 0 Å². The van der Waals surface area contributed by atoms with E-state index in [1.165, 1.54) is 17.6 Å². The van der Waals surface area contributed by atoms with E-state index in [1.54, 1.807) is 6.08 Å². The molecule has 0 fully saturated rings. The highest BCUT2D eigenvalue weighted by molar-refractivity contribution is 5.66. The summed E-state index contributed by atoms with van der Waals surface area (Å²) < 4.78 is 0. The van der Waals surface area contributed by atoms with Crippen LogP contribution in [0, 0.1) is 0 Å². The lowest BCUT2D eigenvalue weighted by Gasteiger charge is -1.93. The molecular weight excluding hydrogens is 220 g/mol. The van der Waals surface area contributed by atoms with Crippen molar-refractivity contribution in [2.24, 2.45) is 0 Å². The van der Waals surface area contributed by atoms with Crippen LogP contribution >= 0.6 is 0 Å². The van der Waals surface area contributed by atoms with E-state index in [9.17, 15) is 4.79 Å². The first-order valence-electron chi connectivity index (χ1n) is 6.41. The molecule has 98 valence electrons. The van der Waals surface area contributed by atoms with Crippen molar-refractivity contribution in [3.8, 4) is 0 Å². The maximum absolute atomic E-state index is 10.2. The molecule has 18 heavy (non-hydrogen) atoms. The van der Waals surface area contributed by atoms with Gasteiger partial charge in [0.2, 0.25) is 0 Å². The van der Waals surface area contributed by atoms with E-state index in [0.717, 1.165) is 18.3 Å². The molecule has 0 N–H and O–H groups in total. The van der Waals surface area contributed by atoms with Crippen LogP contribution in [0.15, 0.2) is 59.3 Å². The Hall–Kier alpha value is -1.63. The Morgan fingerprint density at radius 2 is 1.44 bits per heavy atom. The average Bonchev–Trinajstić information content (AvgIpc) is 2.29. The fourth-order valence-corrected chi connectivity index (χ4v) is 1.41. The van der Waals surface area contributed by atoms with Gasteiger partial charge < -0.3 is 0 Å². The van der Waals surface area contributed by atoms with Gasteiger partial charge in [0.1, 0.15) is 6.29 Å². The topological polar surface area (TPSA) is 17.1 Å². The third-order valence-corrected chi connectivity index (χ3v) is 2.43. The van der Waals surface area contributed by atoms with Crippen molar-refractivity contribution >= 4 is 6.29 Å². The quantitative estimate of drug-likeness (QED) is 0.352. The summed E-state index contributed by atoms with van der Waals surface area (Å²) >= 11 is 0. The Morgan fingerprint density at radius 1 is 0.889 bits per heavy atom. The van der Waals surface area contributed by atoms with E-state index < -0.39 is 0 Å². The molecule has 0 aromatic carbocycles. The fourth-order valence-electron chi connectivity index (χ4n) is 1.41. The molecule has 0 saturated carbocycles. The smallest absolute Gasteiger partial charge is 0.143 e. The summed E-state index contributed by atoms with van der Waals surface area (Å²) in [5, 5.41) is 0. The third kappa shape index (κ3) is 9.59. The van der Waals surface area contributed by atoms with Gasteiger partial charge in [0.25, 0.3) is 0 Å². The molecule has 0 unspecified atom stereocenters. The van der Waals surface area contributed by atoms with E-state index >= 15 is 0 Å². The van der Waals surface area contributed by atoms with Crippen LogP contribution < -0.4 is 0 Å². The van der Waals surface area contributed by atoms with Crippen LogP contribution in [0.25, 0.3) is 0 Å². The molecule has 0 aliphatic carbocycles. The molecule has 0 radical (unpaired) electrons. The van der Waals surface area contributed by atoms with Gasteiger partial charge in [-0.3, -0.25) is 4.79 Å². The molecular formula is C17H24O. The first kappa shape index (κ1) is 16.4. The minimum Gasteiger partial charge on any atom is -0.299 e. The normalized spacial score (nSPS) is 14.8. The molecule has 1 heteroatoms. The Labute approximate surface area is 111 Å². The summed E-state index contributed by atoms with van der Waals surface area (Å²) in [5.41, 5.74) is 3.55. The molecule has 0 aromatic heterocycles. The van der Waals surface area contributed by atoms with Gasteiger partial charge in [-0.05, 0) is 38.8 Å². The van der Waals surface area contributed by atoms with E-state index in [4.69, 9.17) is 0 Å². The first-order valence-corrected chi connectivity index (χ1v) is 6.41. The molecule has 1 nitrogen and oxygen atoms in total. The van der Waals surface area contributed by atoms with Gasteiger partial charge in [0.15, 0.2) is 0 Å². The molecule has 0 aromatic rings. The number of rotatable bonds is 7. The Bertz CT molecular complexity index is 390. The zero-order valence-corrected chi connectivity index (χ0v) is 11.9. The lowest BCUT2D eigenvalue weighted by atomic mass is 10.1. The van der Waals surface area contributed by atoms with Crippen molar-refractivity contribution in [3.05, 3.63) is 59.3 Å². The van der Waals surface area contributed by atoms with Gasteiger partial charge >= 0.3 is 0 Å². The van der Waals surface area contributed by atoms with Crippen LogP contribution in [-0.2, 0) is 4.79 Å². The molecule has 0 rings (SSSR count). The number of allylic oxidation sites excluding steroid dienone is 10. The molecule has 0 aliphatic heterocycles. The summed E-state index contributed by atoms with van der Waals surface area (Å²) in [5.74, 6) is 0. The van der Waals surface area contributed by atoms with Crippen LogP contribution in [0.1, 0.15) is 40.5 Å². The summed E-state index contributed by atoms with van der Waals surface area (Å²) in [6.45, 7) is 8.30. The zero-order valence-electron chi connectivity index (χ0n) is 11.9. The second kappa shape index (κ2) is 10.5. The van der Waals surface area contributed by atoms with E-state index in [-0.39, 0.29) is 0 Å². The Kier molecular flexibility index (Phi) is 9.57. The average molecular weight is 244 g/mol. The summed E-state index contributed by atoms with van der Waals surface area (Å²) in [6, 6.07) is 0. The van der Waals surface area contributed by atoms with Gasteiger partial charge in [-0.2, -0.15) is 0 Å². The van der Waals surface area contributed by atoms with E-state index in [2.05, 4.69) is 39.0 Å². The van der Waals surface area contributed by atoms with Gasteiger partial charge in [0.05, 0.1) is 0 Å². The van der Waals surface area contributed by atoms with Crippen molar-refractivity contribution in [1.82, 2.24) is 0 Å². The highest BCUT2D eigenvalue weighted by atomic mass is 16.1. The molecule has 0 amide bonds. The molecule has 0 aliphatic rings. The number of hydrogen-bond donors (Lipinski definition) is 0. The summed E-state index contributed by atoms with van der Waals surface area (Å²) in [6.07, 6.45) is 16.9. The fraction of sp³-hybridized carbons (Fsp3) is 0.353. The van der Waals surface area contributed by atoms with Crippen LogP contribution in [-0.4, -0.2) is 6.29 Å². The van der Waals surface area contributed by atoms with Crippen LogP contribution in [0.5, 0.6) is 0 Å². The lowest BCUT2D eigenvalue weighted by molar-refractivity contribution is -0.104. The summed E-state index contributed by atoms with van der Waals surface area (Å²) in [7, 11) is 0. The molecule has 0 atom stereocenters. The van der Waals surface area contributed by atoms with Gasteiger partial charge in [0, 0.05) is 0 Å².